The van der Waals surface area contributed by atoms with Gasteiger partial charge in [-0.3, -0.25) is 9.98 Å². The third kappa shape index (κ3) is 2.82. The summed E-state index contributed by atoms with van der Waals surface area (Å²) in [6.07, 6.45) is 1.79. The molecule has 2 heterocycles. The minimum absolute atomic E-state index is 0.00859. The molecule has 108 valence electrons. The highest BCUT2D eigenvalue weighted by Crippen LogP contribution is 2.34. The number of rotatable bonds is 2. The van der Waals surface area contributed by atoms with E-state index in [-0.39, 0.29) is 6.04 Å². The largest absolute Gasteiger partial charge is 0.369 e. The van der Waals surface area contributed by atoms with E-state index in [4.69, 9.17) is 5.73 Å². The monoisotopic (exact) mass is 408 g/mol. The minimum Gasteiger partial charge on any atom is -0.369 e. The van der Waals surface area contributed by atoms with Gasteiger partial charge >= 0.3 is 0 Å². The normalized spacial score (nSPS) is 18.0. The molecule has 0 amide bonds. The minimum atomic E-state index is 0.00859. The van der Waals surface area contributed by atoms with Gasteiger partial charge in [-0.05, 0) is 62.5 Å². The second-order valence-corrected chi connectivity index (χ2v) is 6.71. The molecule has 1 aliphatic heterocycles. The molecule has 1 aromatic heterocycles. The topological polar surface area (TPSA) is 54.5 Å². The lowest BCUT2D eigenvalue weighted by Gasteiger charge is -2.26. The van der Waals surface area contributed by atoms with Crippen LogP contribution < -0.4 is 10.6 Å². The number of guanidine groups is 1. The summed E-state index contributed by atoms with van der Waals surface area (Å²) in [5.74, 6) is 0.530. The zero-order valence-corrected chi connectivity index (χ0v) is 14.6. The van der Waals surface area contributed by atoms with Crippen molar-refractivity contribution in [3.63, 3.8) is 0 Å². The van der Waals surface area contributed by atoms with Gasteiger partial charge in [0.25, 0.3) is 0 Å². The van der Waals surface area contributed by atoms with E-state index in [1.807, 2.05) is 23.1 Å². The Morgan fingerprint density at radius 2 is 2.10 bits per heavy atom. The molecule has 4 nitrogen and oxygen atoms in total. The smallest absolute Gasteiger partial charge is 0.196 e. The molecule has 3 rings (SSSR count). The van der Waals surface area contributed by atoms with E-state index in [9.17, 15) is 0 Å². The van der Waals surface area contributed by atoms with E-state index in [0.29, 0.717) is 12.5 Å². The van der Waals surface area contributed by atoms with E-state index in [1.165, 1.54) is 5.56 Å². The molecule has 0 saturated carbocycles. The molecule has 0 spiro atoms. The Hall–Kier alpha value is -1.40. The fraction of sp³-hybridized carbons (Fsp3) is 0.200. The molecule has 1 unspecified atom stereocenters. The second-order valence-electron chi connectivity index (χ2n) is 4.94. The van der Waals surface area contributed by atoms with Gasteiger partial charge in [0.15, 0.2) is 5.96 Å². The molecule has 1 atom stereocenters. The molecule has 2 N–H and O–H groups in total. The average molecular weight is 410 g/mol. The quantitative estimate of drug-likeness (QED) is 0.820. The Kier molecular flexibility index (Phi) is 3.99. The number of benzene rings is 1. The van der Waals surface area contributed by atoms with Crippen LogP contribution in [0.1, 0.15) is 17.3 Å². The van der Waals surface area contributed by atoms with Gasteiger partial charge in [-0.1, -0.05) is 12.1 Å². The van der Waals surface area contributed by atoms with Crippen molar-refractivity contribution < 1.29 is 0 Å². The first kappa shape index (κ1) is 14.5. The summed E-state index contributed by atoms with van der Waals surface area (Å²) in [6.45, 7) is 2.67. The lowest BCUT2D eigenvalue weighted by atomic mass is 10.1. The summed E-state index contributed by atoms with van der Waals surface area (Å²) in [5, 5.41) is 0. The van der Waals surface area contributed by atoms with Crippen LogP contribution in [0.3, 0.4) is 0 Å². The maximum Gasteiger partial charge on any atom is 0.196 e. The van der Waals surface area contributed by atoms with Crippen LogP contribution >= 0.6 is 31.9 Å². The molecular weight excluding hydrogens is 396 g/mol. The number of anilines is 1. The molecule has 0 radical (unpaired) electrons. The van der Waals surface area contributed by atoms with Crippen LogP contribution in [0, 0.1) is 6.92 Å². The fourth-order valence-corrected chi connectivity index (χ4v) is 3.72. The van der Waals surface area contributed by atoms with Crippen LogP contribution in [0.25, 0.3) is 0 Å². The van der Waals surface area contributed by atoms with Crippen molar-refractivity contribution in [1.29, 1.82) is 0 Å². The molecule has 6 heteroatoms. The van der Waals surface area contributed by atoms with Crippen molar-refractivity contribution in [2.75, 3.05) is 11.4 Å². The summed E-state index contributed by atoms with van der Waals surface area (Å²) in [5.41, 5.74) is 9.25. The van der Waals surface area contributed by atoms with Gasteiger partial charge in [0.05, 0.1) is 18.3 Å². The lowest BCUT2D eigenvalue weighted by molar-refractivity contribution is 0.734. The van der Waals surface area contributed by atoms with Crippen LogP contribution in [0.2, 0.25) is 0 Å². The SMILES string of the molecule is Cc1cccc(N2C(N)=NCC2c2ncc(Br)cc2Br)c1. The van der Waals surface area contributed by atoms with Crippen molar-refractivity contribution in [3.05, 3.63) is 56.7 Å². The Bertz CT molecular complexity index is 715. The summed E-state index contributed by atoms with van der Waals surface area (Å²) in [4.78, 5) is 11.0. The van der Waals surface area contributed by atoms with E-state index in [2.05, 4.69) is 60.9 Å². The molecular formula is C15H14Br2N4. The van der Waals surface area contributed by atoms with E-state index < -0.39 is 0 Å². The van der Waals surface area contributed by atoms with Gasteiger partial charge in [-0.15, -0.1) is 0 Å². The first-order valence-corrected chi connectivity index (χ1v) is 8.11. The third-order valence-electron chi connectivity index (χ3n) is 3.42. The Balaban J connectivity index is 2.03. The fourth-order valence-electron chi connectivity index (χ4n) is 2.47. The second kappa shape index (κ2) is 5.77. The number of aryl methyl sites for hydroxylation is 1. The molecule has 0 saturated heterocycles. The molecule has 1 aliphatic rings. The number of aromatic nitrogens is 1. The van der Waals surface area contributed by atoms with E-state index in [0.717, 1.165) is 20.3 Å². The summed E-state index contributed by atoms with van der Waals surface area (Å²) in [7, 11) is 0. The standard InChI is InChI=1S/C15H14Br2N4/c1-9-3-2-4-11(5-9)21-13(8-20-15(21)18)14-12(17)6-10(16)7-19-14/h2-7,13H,8H2,1H3,(H2,18,20). The molecule has 2 aromatic rings. The summed E-state index contributed by atoms with van der Waals surface area (Å²) >= 11 is 7.01. The van der Waals surface area contributed by atoms with Gasteiger partial charge in [0, 0.05) is 20.8 Å². The van der Waals surface area contributed by atoms with Gasteiger partial charge in [-0.25, -0.2) is 0 Å². The Labute approximate surface area is 140 Å². The molecule has 0 bridgehead atoms. The number of nitrogens with zero attached hydrogens (tertiary/aromatic N) is 3. The Morgan fingerprint density at radius 1 is 1.29 bits per heavy atom. The van der Waals surface area contributed by atoms with Gasteiger partial charge in [0.2, 0.25) is 0 Å². The number of halogens is 2. The summed E-state index contributed by atoms with van der Waals surface area (Å²) in [6, 6.07) is 10.2. The molecule has 1 aromatic carbocycles. The highest BCUT2D eigenvalue weighted by Gasteiger charge is 2.31. The van der Waals surface area contributed by atoms with Gasteiger partial charge < -0.3 is 10.6 Å². The zero-order valence-electron chi connectivity index (χ0n) is 11.4. The van der Waals surface area contributed by atoms with E-state index >= 15 is 0 Å². The predicted molar refractivity (Wildman–Crippen MR) is 92.5 cm³/mol. The van der Waals surface area contributed by atoms with Crippen molar-refractivity contribution >= 4 is 43.5 Å². The van der Waals surface area contributed by atoms with Gasteiger partial charge in [-0.2, -0.15) is 0 Å². The van der Waals surface area contributed by atoms with Crippen LogP contribution in [0.15, 0.2) is 50.5 Å². The number of nitrogens with two attached hydrogens (primary N) is 1. The van der Waals surface area contributed by atoms with Crippen LogP contribution in [-0.2, 0) is 0 Å². The predicted octanol–water partition coefficient (Wildman–Crippen LogP) is 3.79. The molecule has 21 heavy (non-hydrogen) atoms. The first-order chi connectivity index (χ1) is 10.1. The highest BCUT2D eigenvalue weighted by molar-refractivity contribution is 9.11. The lowest BCUT2D eigenvalue weighted by Crippen LogP contribution is -2.36. The van der Waals surface area contributed by atoms with Crippen molar-refractivity contribution in [2.45, 2.75) is 13.0 Å². The number of hydrogen-bond acceptors (Lipinski definition) is 4. The highest BCUT2D eigenvalue weighted by atomic mass is 79.9. The molecule has 0 fully saturated rings. The van der Waals surface area contributed by atoms with Gasteiger partial charge in [0.1, 0.15) is 0 Å². The van der Waals surface area contributed by atoms with Crippen molar-refractivity contribution in [3.8, 4) is 0 Å². The zero-order chi connectivity index (χ0) is 15.0. The maximum absolute atomic E-state index is 6.09. The first-order valence-electron chi connectivity index (χ1n) is 6.53. The van der Waals surface area contributed by atoms with Crippen LogP contribution in [0.5, 0.6) is 0 Å². The van der Waals surface area contributed by atoms with Crippen molar-refractivity contribution in [1.82, 2.24) is 4.98 Å². The Morgan fingerprint density at radius 3 is 2.81 bits per heavy atom. The van der Waals surface area contributed by atoms with Crippen LogP contribution in [0.4, 0.5) is 5.69 Å². The molecule has 0 aliphatic carbocycles. The number of aliphatic imine (C=N–C) groups is 1. The van der Waals surface area contributed by atoms with E-state index in [1.54, 1.807) is 6.20 Å². The van der Waals surface area contributed by atoms with Crippen LogP contribution in [-0.4, -0.2) is 17.5 Å². The number of pyridine rings is 1. The van der Waals surface area contributed by atoms with Crippen molar-refractivity contribution in [2.24, 2.45) is 10.7 Å². The average Bonchev–Trinajstić information content (AvgIpc) is 2.80. The summed E-state index contributed by atoms with van der Waals surface area (Å²) < 4.78 is 1.89. The maximum atomic E-state index is 6.09. The number of hydrogen-bond donors (Lipinski definition) is 1. The third-order valence-corrected chi connectivity index (χ3v) is 4.49.